The summed E-state index contributed by atoms with van der Waals surface area (Å²) in [5, 5.41) is 10.9. The van der Waals surface area contributed by atoms with E-state index in [9.17, 15) is 5.21 Å². The summed E-state index contributed by atoms with van der Waals surface area (Å²) in [6.07, 6.45) is 2.12. The smallest absolute Gasteiger partial charge is 0.194 e. The predicted octanol–water partition coefficient (Wildman–Crippen LogP) is -0.179. The third kappa shape index (κ3) is 1.45. The van der Waals surface area contributed by atoms with Gasteiger partial charge in [0.2, 0.25) is 0 Å². The van der Waals surface area contributed by atoms with E-state index >= 15 is 0 Å². The average molecular weight is 138 g/mol. The normalized spacial score (nSPS) is 9.70. The highest BCUT2D eigenvalue weighted by Gasteiger charge is 1.99. The van der Waals surface area contributed by atoms with Gasteiger partial charge in [-0.15, -0.1) is 0 Å². The molecule has 1 rings (SSSR count). The Morgan fingerprint density at radius 2 is 2.30 bits per heavy atom. The minimum Gasteiger partial charge on any atom is -0.619 e. The summed E-state index contributed by atoms with van der Waals surface area (Å²) in [6.45, 7) is 0.520. The topological polar surface area (TPSA) is 53.0 Å². The standard InChI is InChI=1S/C7H10N2O/c8-5-4-7-3-1-2-6-9(7)10/h1-3,6H,4-5,8H2. The Morgan fingerprint density at radius 1 is 1.50 bits per heavy atom. The Balaban J connectivity index is 2.81. The van der Waals surface area contributed by atoms with Crippen molar-refractivity contribution in [3.8, 4) is 0 Å². The van der Waals surface area contributed by atoms with Crippen LogP contribution < -0.4 is 10.5 Å². The molecule has 0 aromatic carbocycles. The van der Waals surface area contributed by atoms with Crippen LogP contribution in [-0.2, 0) is 6.42 Å². The van der Waals surface area contributed by atoms with Gasteiger partial charge < -0.3 is 10.9 Å². The molecule has 1 heterocycles. The van der Waals surface area contributed by atoms with Gasteiger partial charge in [0.1, 0.15) is 0 Å². The molecule has 0 radical (unpaired) electrons. The number of nitrogens with zero attached hydrogens (tertiary/aromatic N) is 1. The van der Waals surface area contributed by atoms with Crippen LogP contribution in [0.1, 0.15) is 5.69 Å². The Morgan fingerprint density at radius 3 is 2.90 bits per heavy atom. The first kappa shape index (κ1) is 7.02. The van der Waals surface area contributed by atoms with Gasteiger partial charge in [0, 0.05) is 25.1 Å². The molecule has 1 aromatic rings. The molecule has 0 amide bonds. The average Bonchev–Trinajstić information content (AvgIpc) is 1.94. The largest absolute Gasteiger partial charge is 0.619 e. The molecule has 2 N–H and O–H groups in total. The molecule has 0 atom stereocenters. The third-order valence-electron chi connectivity index (χ3n) is 1.30. The van der Waals surface area contributed by atoms with Crippen molar-refractivity contribution in [1.82, 2.24) is 0 Å². The highest BCUT2D eigenvalue weighted by molar-refractivity contribution is 4.97. The molecule has 3 heteroatoms. The molecule has 54 valence electrons. The third-order valence-corrected chi connectivity index (χ3v) is 1.30. The molecule has 0 bridgehead atoms. The zero-order valence-corrected chi connectivity index (χ0v) is 5.66. The van der Waals surface area contributed by atoms with Crippen molar-refractivity contribution in [2.24, 2.45) is 5.73 Å². The number of hydrogen-bond acceptors (Lipinski definition) is 2. The zero-order chi connectivity index (χ0) is 7.40. The molecule has 3 nitrogen and oxygen atoms in total. The molecule has 0 unspecified atom stereocenters. The van der Waals surface area contributed by atoms with Crippen molar-refractivity contribution in [3.63, 3.8) is 0 Å². The van der Waals surface area contributed by atoms with Crippen LogP contribution >= 0.6 is 0 Å². The molecule has 0 fully saturated rings. The summed E-state index contributed by atoms with van der Waals surface area (Å²) in [5.74, 6) is 0. The first-order chi connectivity index (χ1) is 4.84. The SMILES string of the molecule is NCCc1cccc[n+]1[O-]. The second-order valence-electron chi connectivity index (χ2n) is 2.06. The van der Waals surface area contributed by atoms with Gasteiger partial charge >= 0.3 is 0 Å². The number of rotatable bonds is 2. The van der Waals surface area contributed by atoms with Crippen LogP contribution in [0.3, 0.4) is 0 Å². The summed E-state index contributed by atoms with van der Waals surface area (Å²) in [5.41, 5.74) is 6.00. The summed E-state index contributed by atoms with van der Waals surface area (Å²) < 4.78 is 0.840. The second-order valence-corrected chi connectivity index (χ2v) is 2.06. The van der Waals surface area contributed by atoms with Gasteiger partial charge in [0.05, 0.1) is 0 Å². The van der Waals surface area contributed by atoms with E-state index in [2.05, 4.69) is 0 Å². The molecule has 0 aliphatic heterocycles. The number of aromatic nitrogens is 1. The van der Waals surface area contributed by atoms with Crippen LogP contribution in [-0.4, -0.2) is 6.54 Å². The highest BCUT2D eigenvalue weighted by Crippen LogP contribution is 1.89. The van der Waals surface area contributed by atoms with Crippen molar-refractivity contribution in [2.75, 3.05) is 6.54 Å². The van der Waals surface area contributed by atoms with Gasteiger partial charge in [-0.25, -0.2) is 0 Å². The Labute approximate surface area is 59.7 Å². The van der Waals surface area contributed by atoms with Crippen molar-refractivity contribution in [3.05, 3.63) is 35.3 Å². The van der Waals surface area contributed by atoms with Crippen molar-refractivity contribution >= 4 is 0 Å². The fourth-order valence-corrected chi connectivity index (χ4v) is 0.805. The Hall–Kier alpha value is -1.09. The van der Waals surface area contributed by atoms with Crippen LogP contribution in [0, 0.1) is 5.21 Å². The molecule has 0 aliphatic rings. The van der Waals surface area contributed by atoms with Gasteiger partial charge in [-0.3, -0.25) is 0 Å². The van der Waals surface area contributed by atoms with E-state index in [0.29, 0.717) is 13.0 Å². The van der Waals surface area contributed by atoms with Crippen LogP contribution in [0.4, 0.5) is 0 Å². The maximum absolute atomic E-state index is 10.9. The fourth-order valence-electron chi connectivity index (χ4n) is 0.805. The summed E-state index contributed by atoms with van der Waals surface area (Å²) >= 11 is 0. The molecular formula is C7H10N2O. The molecule has 0 spiro atoms. The first-order valence-corrected chi connectivity index (χ1v) is 3.21. The van der Waals surface area contributed by atoms with Gasteiger partial charge in [-0.2, -0.15) is 4.73 Å². The van der Waals surface area contributed by atoms with E-state index in [1.165, 1.54) is 6.20 Å². The maximum atomic E-state index is 10.9. The van der Waals surface area contributed by atoms with Gasteiger partial charge in [0.25, 0.3) is 0 Å². The van der Waals surface area contributed by atoms with Gasteiger partial charge in [0.15, 0.2) is 11.9 Å². The number of hydrogen-bond donors (Lipinski definition) is 1. The fraction of sp³-hybridized carbons (Fsp3) is 0.286. The lowest BCUT2D eigenvalue weighted by Crippen LogP contribution is -2.32. The molecule has 0 saturated carbocycles. The summed E-state index contributed by atoms with van der Waals surface area (Å²) in [6, 6.07) is 5.31. The van der Waals surface area contributed by atoms with E-state index in [4.69, 9.17) is 5.73 Å². The Kier molecular flexibility index (Phi) is 2.23. The van der Waals surface area contributed by atoms with Crippen molar-refractivity contribution in [2.45, 2.75) is 6.42 Å². The maximum Gasteiger partial charge on any atom is 0.194 e. The quantitative estimate of drug-likeness (QED) is 0.455. The van der Waals surface area contributed by atoms with Crippen LogP contribution in [0.2, 0.25) is 0 Å². The minimum absolute atomic E-state index is 0.520. The lowest BCUT2D eigenvalue weighted by atomic mass is 10.3. The summed E-state index contributed by atoms with van der Waals surface area (Å²) in [7, 11) is 0. The summed E-state index contributed by atoms with van der Waals surface area (Å²) in [4.78, 5) is 0. The molecule has 0 aliphatic carbocycles. The lowest BCUT2D eigenvalue weighted by molar-refractivity contribution is -0.613. The van der Waals surface area contributed by atoms with Crippen LogP contribution in [0.15, 0.2) is 24.4 Å². The van der Waals surface area contributed by atoms with E-state index in [-0.39, 0.29) is 0 Å². The lowest BCUT2D eigenvalue weighted by Gasteiger charge is -2.00. The second kappa shape index (κ2) is 3.17. The van der Waals surface area contributed by atoms with E-state index in [1.54, 1.807) is 12.1 Å². The molecule has 0 saturated heterocycles. The molecule has 1 aromatic heterocycles. The van der Waals surface area contributed by atoms with Gasteiger partial charge in [-0.05, 0) is 0 Å². The van der Waals surface area contributed by atoms with E-state index in [1.807, 2.05) is 6.07 Å². The van der Waals surface area contributed by atoms with Crippen LogP contribution in [0.5, 0.6) is 0 Å². The Bertz CT molecular complexity index is 213. The minimum atomic E-state index is 0.520. The predicted molar refractivity (Wildman–Crippen MR) is 38.2 cm³/mol. The van der Waals surface area contributed by atoms with E-state index in [0.717, 1.165) is 10.4 Å². The van der Waals surface area contributed by atoms with Gasteiger partial charge in [-0.1, -0.05) is 6.07 Å². The zero-order valence-electron chi connectivity index (χ0n) is 5.66. The first-order valence-electron chi connectivity index (χ1n) is 3.21. The van der Waals surface area contributed by atoms with Crippen LogP contribution in [0.25, 0.3) is 0 Å². The number of pyridine rings is 1. The number of nitrogens with two attached hydrogens (primary N) is 1. The highest BCUT2D eigenvalue weighted by atomic mass is 16.5. The molecule has 10 heavy (non-hydrogen) atoms. The molecular weight excluding hydrogens is 128 g/mol. The monoisotopic (exact) mass is 138 g/mol. The van der Waals surface area contributed by atoms with Crippen molar-refractivity contribution < 1.29 is 4.73 Å². The van der Waals surface area contributed by atoms with Crippen molar-refractivity contribution in [1.29, 1.82) is 0 Å². The van der Waals surface area contributed by atoms with E-state index < -0.39 is 0 Å².